The molecule has 3 aliphatic rings. The number of carbonyl (C=O) groups is 3. The van der Waals surface area contributed by atoms with Crippen molar-refractivity contribution in [3.8, 4) is 11.5 Å². The number of carboxylic acid groups (broad SMARTS) is 1. The Kier molecular flexibility index (Phi) is 8.12. The van der Waals surface area contributed by atoms with Crippen molar-refractivity contribution in [1.29, 1.82) is 0 Å². The van der Waals surface area contributed by atoms with Crippen molar-refractivity contribution >= 4 is 29.1 Å². The average molecular weight is 562 g/mol. The van der Waals surface area contributed by atoms with E-state index in [1.807, 2.05) is 30.3 Å². The Morgan fingerprint density at radius 3 is 2.27 bits per heavy atom. The minimum absolute atomic E-state index is 0.0464. The first-order valence-corrected chi connectivity index (χ1v) is 13.9. The first-order chi connectivity index (χ1) is 19.3. The maximum absolute atomic E-state index is 13.5. The van der Waals surface area contributed by atoms with Gasteiger partial charge in [-0.1, -0.05) is 41.9 Å². The molecule has 5 rings (SSSR count). The number of benzene rings is 2. The van der Waals surface area contributed by atoms with E-state index in [-0.39, 0.29) is 24.7 Å². The SMILES string of the molecule is C=CCc1cc(C2C3=C(CCCC3=O)N(CC(=O)O)C3=C2C(=O)CCC3)cc(OC)c1OCc1ccccc1Cl. The van der Waals surface area contributed by atoms with E-state index >= 15 is 0 Å². The molecule has 0 unspecified atom stereocenters. The molecule has 0 saturated carbocycles. The molecule has 0 fully saturated rings. The maximum Gasteiger partial charge on any atom is 0.323 e. The van der Waals surface area contributed by atoms with E-state index in [1.165, 1.54) is 0 Å². The highest BCUT2D eigenvalue weighted by Crippen LogP contribution is 2.50. The molecular formula is C32H32ClNO6. The lowest BCUT2D eigenvalue weighted by atomic mass is 9.70. The zero-order valence-electron chi connectivity index (χ0n) is 22.5. The molecule has 0 radical (unpaired) electrons. The minimum Gasteiger partial charge on any atom is -0.493 e. The second-order valence-corrected chi connectivity index (χ2v) is 10.7. The predicted octanol–water partition coefficient (Wildman–Crippen LogP) is 6.15. The summed E-state index contributed by atoms with van der Waals surface area (Å²) >= 11 is 6.35. The fourth-order valence-corrected chi connectivity index (χ4v) is 6.30. The first-order valence-electron chi connectivity index (χ1n) is 13.5. The predicted molar refractivity (Wildman–Crippen MR) is 152 cm³/mol. The third kappa shape index (κ3) is 5.18. The highest BCUT2D eigenvalue weighted by atomic mass is 35.5. The van der Waals surface area contributed by atoms with Gasteiger partial charge in [0.25, 0.3) is 0 Å². The number of ether oxygens (including phenoxy) is 2. The Hall–Kier alpha value is -3.84. The highest BCUT2D eigenvalue weighted by molar-refractivity contribution is 6.31. The summed E-state index contributed by atoms with van der Waals surface area (Å²) in [4.78, 5) is 40.6. The fourth-order valence-electron chi connectivity index (χ4n) is 6.11. The summed E-state index contributed by atoms with van der Waals surface area (Å²) in [7, 11) is 1.56. The van der Waals surface area contributed by atoms with Gasteiger partial charge in [0.15, 0.2) is 23.1 Å². The summed E-state index contributed by atoms with van der Waals surface area (Å²) in [6.07, 6.45) is 5.44. The lowest BCUT2D eigenvalue weighted by Gasteiger charge is -2.43. The van der Waals surface area contributed by atoms with Crippen LogP contribution in [-0.4, -0.2) is 41.2 Å². The summed E-state index contributed by atoms with van der Waals surface area (Å²) in [6.45, 7) is 3.87. The molecule has 7 nitrogen and oxygen atoms in total. The largest absolute Gasteiger partial charge is 0.493 e. The van der Waals surface area contributed by atoms with Crippen molar-refractivity contribution in [2.24, 2.45) is 0 Å². The Morgan fingerprint density at radius 2 is 1.70 bits per heavy atom. The second kappa shape index (κ2) is 11.7. The van der Waals surface area contributed by atoms with E-state index in [0.717, 1.165) is 28.1 Å². The number of ketones is 2. The van der Waals surface area contributed by atoms with Crippen LogP contribution >= 0.6 is 11.6 Å². The molecule has 0 amide bonds. The summed E-state index contributed by atoms with van der Waals surface area (Å²) in [5.41, 5.74) is 4.88. The molecule has 1 aliphatic heterocycles. The van der Waals surface area contributed by atoms with Crippen LogP contribution in [0, 0.1) is 0 Å². The van der Waals surface area contributed by atoms with Gasteiger partial charge in [-0.05, 0) is 49.8 Å². The normalized spacial score (nSPS) is 17.5. The molecule has 2 aliphatic carbocycles. The van der Waals surface area contributed by atoms with Crippen molar-refractivity contribution in [3.05, 3.63) is 93.3 Å². The lowest BCUT2D eigenvalue weighted by molar-refractivity contribution is -0.138. The van der Waals surface area contributed by atoms with Gasteiger partial charge in [-0.2, -0.15) is 0 Å². The molecular weight excluding hydrogens is 530 g/mol. The van der Waals surface area contributed by atoms with Crippen LogP contribution < -0.4 is 9.47 Å². The Morgan fingerprint density at radius 1 is 1.05 bits per heavy atom. The third-order valence-electron chi connectivity index (χ3n) is 7.78. The molecule has 8 heteroatoms. The van der Waals surface area contributed by atoms with Crippen LogP contribution in [0.3, 0.4) is 0 Å². The number of halogens is 1. The molecule has 0 aromatic heterocycles. The fraction of sp³-hybridized carbons (Fsp3) is 0.344. The van der Waals surface area contributed by atoms with Gasteiger partial charge in [-0.25, -0.2) is 0 Å². The molecule has 1 N–H and O–H groups in total. The zero-order chi connectivity index (χ0) is 28.4. The monoisotopic (exact) mass is 561 g/mol. The molecule has 0 spiro atoms. The van der Waals surface area contributed by atoms with E-state index in [4.69, 9.17) is 21.1 Å². The van der Waals surface area contributed by atoms with Gasteiger partial charge in [0.2, 0.25) is 0 Å². The number of hydrogen-bond acceptors (Lipinski definition) is 6. The zero-order valence-corrected chi connectivity index (χ0v) is 23.3. The molecule has 2 aromatic rings. The lowest BCUT2D eigenvalue weighted by Crippen LogP contribution is -2.41. The van der Waals surface area contributed by atoms with Crippen molar-refractivity contribution in [2.75, 3.05) is 13.7 Å². The van der Waals surface area contributed by atoms with E-state index < -0.39 is 11.9 Å². The standard InChI is InChI=1S/C32H32ClNO6/c1-3-8-19-15-21(16-27(39-2)32(19)40-18-20-9-4-5-10-22(20)33)29-30-23(11-6-13-25(30)35)34(17-28(37)38)24-12-7-14-26(36)31(24)29/h3-5,9-10,15-16,29H,1,6-8,11-14,17-18H2,2H3,(H,37,38). The number of nitrogens with zero attached hydrogens (tertiary/aromatic N) is 1. The van der Waals surface area contributed by atoms with Crippen molar-refractivity contribution in [2.45, 2.75) is 57.5 Å². The highest BCUT2D eigenvalue weighted by Gasteiger charge is 2.44. The van der Waals surface area contributed by atoms with Gasteiger partial charge in [0.1, 0.15) is 13.2 Å². The topological polar surface area (TPSA) is 93.1 Å². The van der Waals surface area contributed by atoms with Crippen LogP contribution in [0.2, 0.25) is 5.02 Å². The van der Waals surface area contributed by atoms with Crippen LogP contribution in [0.25, 0.3) is 0 Å². The van der Waals surface area contributed by atoms with Gasteiger partial charge in [0, 0.05) is 57.4 Å². The smallest absolute Gasteiger partial charge is 0.323 e. The Labute approximate surface area is 238 Å². The second-order valence-electron chi connectivity index (χ2n) is 10.3. The Balaban J connectivity index is 1.66. The van der Waals surface area contributed by atoms with Gasteiger partial charge < -0.3 is 19.5 Å². The Bertz CT molecular complexity index is 1410. The summed E-state index contributed by atoms with van der Waals surface area (Å²) in [5.74, 6) is -0.661. The number of methoxy groups -OCH3 is 1. The van der Waals surface area contributed by atoms with Crippen LogP contribution in [0.15, 0.2) is 71.6 Å². The van der Waals surface area contributed by atoms with E-state index in [9.17, 15) is 19.5 Å². The molecule has 2 aromatic carbocycles. The van der Waals surface area contributed by atoms with Crippen LogP contribution in [-0.2, 0) is 27.4 Å². The van der Waals surface area contributed by atoms with E-state index in [1.54, 1.807) is 24.2 Å². The molecule has 0 bridgehead atoms. The number of carbonyl (C=O) groups excluding carboxylic acids is 2. The van der Waals surface area contributed by atoms with Crippen molar-refractivity contribution in [3.63, 3.8) is 0 Å². The molecule has 1 heterocycles. The number of aliphatic carboxylic acids is 1. The van der Waals surface area contributed by atoms with Gasteiger partial charge in [-0.15, -0.1) is 6.58 Å². The van der Waals surface area contributed by atoms with E-state index in [2.05, 4.69) is 6.58 Å². The molecule has 0 atom stereocenters. The van der Waals surface area contributed by atoms with Gasteiger partial charge >= 0.3 is 5.97 Å². The van der Waals surface area contributed by atoms with Crippen molar-refractivity contribution in [1.82, 2.24) is 4.90 Å². The summed E-state index contributed by atoms with van der Waals surface area (Å²) in [6, 6.07) is 11.3. The maximum atomic E-state index is 13.5. The molecule has 40 heavy (non-hydrogen) atoms. The van der Waals surface area contributed by atoms with Gasteiger partial charge in [-0.3, -0.25) is 14.4 Å². The molecule has 208 valence electrons. The number of hydrogen-bond donors (Lipinski definition) is 1. The average Bonchev–Trinajstić information content (AvgIpc) is 2.93. The van der Waals surface area contributed by atoms with Crippen LogP contribution in [0.4, 0.5) is 0 Å². The number of rotatable bonds is 9. The number of Topliss-reactive ketones (excluding diaryl/α,β-unsaturated/α-hetero) is 2. The number of carboxylic acids is 1. The summed E-state index contributed by atoms with van der Waals surface area (Å²) < 4.78 is 12.0. The van der Waals surface area contributed by atoms with E-state index in [0.29, 0.717) is 72.6 Å². The quantitative estimate of drug-likeness (QED) is 0.367. The minimum atomic E-state index is -0.997. The molecule has 0 saturated heterocycles. The summed E-state index contributed by atoms with van der Waals surface area (Å²) in [5, 5.41) is 10.3. The third-order valence-corrected chi connectivity index (χ3v) is 8.15. The first kappa shape index (κ1) is 27.7. The van der Waals surface area contributed by atoms with Crippen LogP contribution in [0.1, 0.15) is 61.1 Å². The van der Waals surface area contributed by atoms with Crippen LogP contribution in [0.5, 0.6) is 11.5 Å². The van der Waals surface area contributed by atoms with Crippen molar-refractivity contribution < 1.29 is 29.0 Å². The number of allylic oxidation sites excluding steroid dienone is 5. The van der Waals surface area contributed by atoms with Gasteiger partial charge in [0.05, 0.1) is 7.11 Å².